The third-order valence-corrected chi connectivity index (χ3v) is 3.67. The molecule has 1 aliphatic rings. The van der Waals surface area contributed by atoms with Crippen molar-refractivity contribution >= 4 is 11.9 Å². The number of ether oxygens (including phenoxy) is 1. The molecular formula is C17H22FNO3. The standard InChI is InChI=1S/C17H22FNO3/c1-11-10-19(16(21)22-17(2,3)4)14(9-15(11)20)12-5-7-13(18)8-6-12/h5-8,11,14H,9-10H2,1-4H3/t11-,14-/m0/s1. The van der Waals surface area contributed by atoms with E-state index in [1.807, 2.05) is 0 Å². The summed E-state index contributed by atoms with van der Waals surface area (Å²) in [6.07, 6.45) is -0.215. The first-order valence-corrected chi connectivity index (χ1v) is 7.45. The summed E-state index contributed by atoms with van der Waals surface area (Å²) in [6, 6.07) is 5.50. The van der Waals surface area contributed by atoms with E-state index >= 15 is 0 Å². The second kappa shape index (κ2) is 6.07. The van der Waals surface area contributed by atoms with Crippen molar-refractivity contribution in [3.05, 3.63) is 35.6 Å². The molecule has 1 saturated heterocycles. The molecule has 0 bridgehead atoms. The molecule has 2 rings (SSSR count). The molecule has 0 unspecified atom stereocenters. The number of ketones is 1. The highest BCUT2D eigenvalue weighted by molar-refractivity contribution is 5.84. The molecule has 2 atom stereocenters. The van der Waals surface area contributed by atoms with Crippen LogP contribution in [-0.4, -0.2) is 28.9 Å². The highest BCUT2D eigenvalue weighted by Crippen LogP contribution is 2.32. The van der Waals surface area contributed by atoms with Crippen LogP contribution in [0, 0.1) is 11.7 Å². The van der Waals surface area contributed by atoms with Gasteiger partial charge in [-0.3, -0.25) is 4.79 Å². The molecule has 1 aromatic rings. The molecule has 1 heterocycles. The number of carbonyl (C=O) groups excluding carboxylic acids is 2. The molecule has 0 radical (unpaired) electrons. The van der Waals surface area contributed by atoms with E-state index in [1.165, 1.54) is 12.1 Å². The van der Waals surface area contributed by atoms with Crippen LogP contribution in [0.5, 0.6) is 0 Å². The monoisotopic (exact) mass is 307 g/mol. The third-order valence-electron chi connectivity index (χ3n) is 3.67. The van der Waals surface area contributed by atoms with Crippen LogP contribution in [0.1, 0.15) is 45.7 Å². The van der Waals surface area contributed by atoms with Crippen LogP contribution in [0.25, 0.3) is 0 Å². The maximum absolute atomic E-state index is 13.1. The second-order valence-electron chi connectivity index (χ2n) is 6.77. The number of carbonyl (C=O) groups is 2. The van der Waals surface area contributed by atoms with Gasteiger partial charge in [-0.05, 0) is 38.5 Å². The lowest BCUT2D eigenvalue weighted by Crippen LogP contribution is -2.47. The summed E-state index contributed by atoms with van der Waals surface area (Å²) in [4.78, 5) is 26.1. The normalized spacial score (nSPS) is 22.6. The largest absolute Gasteiger partial charge is 0.444 e. The Hall–Kier alpha value is -1.91. The second-order valence-corrected chi connectivity index (χ2v) is 6.77. The maximum atomic E-state index is 13.1. The van der Waals surface area contributed by atoms with Gasteiger partial charge in [0.2, 0.25) is 0 Å². The van der Waals surface area contributed by atoms with Gasteiger partial charge in [0.25, 0.3) is 0 Å². The van der Waals surface area contributed by atoms with E-state index in [0.717, 1.165) is 5.56 Å². The van der Waals surface area contributed by atoms with Crippen LogP contribution in [0.2, 0.25) is 0 Å². The van der Waals surface area contributed by atoms with Crippen LogP contribution in [-0.2, 0) is 9.53 Å². The number of hydrogen-bond acceptors (Lipinski definition) is 3. The van der Waals surface area contributed by atoms with E-state index in [-0.39, 0.29) is 23.9 Å². The van der Waals surface area contributed by atoms with Crippen LogP contribution in [0.3, 0.4) is 0 Å². The van der Waals surface area contributed by atoms with Gasteiger partial charge in [0.05, 0.1) is 6.04 Å². The molecule has 0 saturated carbocycles. The highest BCUT2D eigenvalue weighted by Gasteiger charge is 2.37. The van der Waals surface area contributed by atoms with Crippen molar-refractivity contribution in [1.29, 1.82) is 0 Å². The van der Waals surface area contributed by atoms with Gasteiger partial charge >= 0.3 is 6.09 Å². The summed E-state index contributed by atoms with van der Waals surface area (Å²) in [5.74, 6) is -0.457. The Morgan fingerprint density at radius 1 is 1.27 bits per heavy atom. The zero-order valence-corrected chi connectivity index (χ0v) is 13.4. The number of halogens is 1. The molecule has 0 aromatic heterocycles. The van der Waals surface area contributed by atoms with Gasteiger partial charge in [0, 0.05) is 18.9 Å². The summed E-state index contributed by atoms with van der Waals surface area (Å²) >= 11 is 0. The average molecular weight is 307 g/mol. The Morgan fingerprint density at radius 3 is 2.41 bits per heavy atom. The van der Waals surface area contributed by atoms with Crippen LogP contribution in [0.4, 0.5) is 9.18 Å². The molecule has 1 aromatic carbocycles. The van der Waals surface area contributed by atoms with E-state index < -0.39 is 17.7 Å². The van der Waals surface area contributed by atoms with Crippen molar-refractivity contribution < 1.29 is 18.7 Å². The van der Waals surface area contributed by atoms with Gasteiger partial charge in [-0.1, -0.05) is 19.1 Å². The molecule has 120 valence electrons. The van der Waals surface area contributed by atoms with E-state index in [1.54, 1.807) is 44.7 Å². The summed E-state index contributed by atoms with van der Waals surface area (Å²) in [6.45, 7) is 7.53. The molecule has 5 heteroatoms. The quantitative estimate of drug-likeness (QED) is 0.794. The number of Topliss-reactive ketones (excluding diaryl/α,β-unsaturated/α-hetero) is 1. The molecular weight excluding hydrogens is 285 g/mol. The minimum atomic E-state index is -0.602. The molecule has 1 fully saturated rings. The highest BCUT2D eigenvalue weighted by atomic mass is 19.1. The molecule has 22 heavy (non-hydrogen) atoms. The summed E-state index contributed by atoms with van der Waals surface area (Å²) in [5.41, 5.74) is 0.141. The van der Waals surface area contributed by atoms with Gasteiger partial charge in [-0.25, -0.2) is 9.18 Å². The zero-order valence-electron chi connectivity index (χ0n) is 13.4. The fourth-order valence-electron chi connectivity index (χ4n) is 2.53. The topological polar surface area (TPSA) is 46.6 Å². The first kappa shape index (κ1) is 16.5. The molecule has 0 spiro atoms. The van der Waals surface area contributed by atoms with Crippen LogP contribution >= 0.6 is 0 Å². The SMILES string of the molecule is C[C@H]1CN(C(=O)OC(C)(C)C)[C@H](c2ccc(F)cc2)CC1=O. The number of amides is 1. The van der Waals surface area contributed by atoms with Gasteiger partial charge < -0.3 is 9.64 Å². The summed E-state index contributed by atoms with van der Waals surface area (Å²) < 4.78 is 18.5. The Balaban J connectivity index is 2.28. The molecule has 1 aliphatic heterocycles. The Labute approximate surface area is 130 Å². The number of piperidine rings is 1. The maximum Gasteiger partial charge on any atom is 0.410 e. The van der Waals surface area contributed by atoms with Crippen LogP contribution < -0.4 is 0 Å². The van der Waals surface area contributed by atoms with E-state index in [9.17, 15) is 14.0 Å². The van der Waals surface area contributed by atoms with E-state index in [0.29, 0.717) is 6.54 Å². The lowest BCUT2D eigenvalue weighted by atomic mass is 9.89. The molecule has 0 aliphatic carbocycles. The minimum Gasteiger partial charge on any atom is -0.444 e. The number of likely N-dealkylation sites (tertiary alicyclic amines) is 1. The lowest BCUT2D eigenvalue weighted by molar-refractivity contribution is -0.127. The third kappa shape index (κ3) is 3.84. The predicted octanol–water partition coefficient (Wildman–Crippen LogP) is 3.71. The van der Waals surface area contributed by atoms with Crippen molar-refractivity contribution in [1.82, 2.24) is 4.90 Å². The summed E-state index contributed by atoms with van der Waals surface area (Å²) in [7, 11) is 0. The van der Waals surface area contributed by atoms with E-state index in [4.69, 9.17) is 4.74 Å². The Kier molecular flexibility index (Phi) is 4.54. The first-order chi connectivity index (χ1) is 10.2. The summed E-state index contributed by atoms with van der Waals surface area (Å²) in [5, 5.41) is 0. The molecule has 1 amide bonds. The predicted molar refractivity (Wildman–Crippen MR) is 80.9 cm³/mol. The minimum absolute atomic E-state index is 0.106. The molecule has 4 nitrogen and oxygen atoms in total. The van der Waals surface area contributed by atoms with E-state index in [2.05, 4.69) is 0 Å². The zero-order chi connectivity index (χ0) is 16.5. The van der Waals surface area contributed by atoms with Crippen molar-refractivity contribution in [2.45, 2.75) is 45.8 Å². The van der Waals surface area contributed by atoms with Crippen molar-refractivity contribution in [3.63, 3.8) is 0 Å². The average Bonchev–Trinajstić information content (AvgIpc) is 2.40. The lowest BCUT2D eigenvalue weighted by Gasteiger charge is -2.38. The van der Waals surface area contributed by atoms with Crippen LogP contribution in [0.15, 0.2) is 24.3 Å². The fourth-order valence-corrected chi connectivity index (χ4v) is 2.53. The number of benzene rings is 1. The van der Waals surface area contributed by atoms with Gasteiger partial charge in [0.15, 0.2) is 0 Å². The van der Waals surface area contributed by atoms with Gasteiger partial charge in [-0.2, -0.15) is 0 Å². The number of nitrogens with zero attached hydrogens (tertiary/aromatic N) is 1. The smallest absolute Gasteiger partial charge is 0.410 e. The van der Waals surface area contributed by atoms with Crippen molar-refractivity contribution in [3.8, 4) is 0 Å². The van der Waals surface area contributed by atoms with Crippen molar-refractivity contribution in [2.24, 2.45) is 5.92 Å². The molecule has 0 N–H and O–H groups in total. The fraction of sp³-hybridized carbons (Fsp3) is 0.529. The Morgan fingerprint density at radius 2 is 1.86 bits per heavy atom. The first-order valence-electron chi connectivity index (χ1n) is 7.45. The van der Waals surface area contributed by atoms with Crippen molar-refractivity contribution in [2.75, 3.05) is 6.54 Å². The van der Waals surface area contributed by atoms with Gasteiger partial charge in [0.1, 0.15) is 17.2 Å². The number of hydrogen-bond donors (Lipinski definition) is 0. The number of rotatable bonds is 1. The Bertz CT molecular complexity index is 562. The van der Waals surface area contributed by atoms with Gasteiger partial charge in [-0.15, -0.1) is 0 Å².